The van der Waals surface area contributed by atoms with Gasteiger partial charge in [-0.1, -0.05) is 62.4 Å². The molecule has 1 amide bonds. The Morgan fingerprint density at radius 3 is 2.19 bits per heavy atom. The molecule has 3 nitrogen and oxygen atoms in total. The summed E-state index contributed by atoms with van der Waals surface area (Å²) in [4.78, 5) is 12.3. The molecular formula is C24H30N2O. The molecular weight excluding hydrogens is 332 g/mol. The Labute approximate surface area is 162 Å². The highest BCUT2D eigenvalue weighted by Gasteiger charge is 2.39. The van der Waals surface area contributed by atoms with Gasteiger partial charge in [-0.25, -0.2) is 0 Å². The molecule has 0 aromatic heterocycles. The zero-order chi connectivity index (χ0) is 18.5. The van der Waals surface area contributed by atoms with Crippen molar-refractivity contribution in [1.82, 2.24) is 5.32 Å². The smallest absolute Gasteiger partial charge is 0.255 e. The van der Waals surface area contributed by atoms with E-state index in [9.17, 15) is 4.79 Å². The summed E-state index contributed by atoms with van der Waals surface area (Å²) in [5, 5.41) is 6.89. The normalized spacial score (nSPS) is 23.3. The molecule has 0 radical (unpaired) electrons. The number of carbonyl (C=O) groups is 1. The minimum absolute atomic E-state index is 0.0569. The van der Waals surface area contributed by atoms with Crippen LogP contribution in [0.25, 0.3) is 0 Å². The van der Waals surface area contributed by atoms with Gasteiger partial charge in [0.2, 0.25) is 0 Å². The highest BCUT2D eigenvalue weighted by molar-refractivity contribution is 6.04. The van der Waals surface area contributed by atoms with Crippen LogP contribution in [0.15, 0.2) is 54.6 Å². The van der Waals surface area contributed by atoms with E-state index in [1.807, 2.05) is 42.5 Å². The van der Waals surface area contributed by atoms with Gasteiger partial charge in [0.15, 0.2) is 0 Å². The predicted molar refractivity (Wildman–Crippen MR) is 111 cm³/mol. The van der Waals surface area contributed by atoms with E-state index in [0.29, 0.717) is 23.6 Å². The van der Waals surface area contributed by atoms with Gasteiger partial charge >= 0.3 is 0 Å². The third-order valence-electron chi connectivity index (χ3n) is 5.98. The van der Waals surface area contributed by atoms with Gasteiger partial charge in [-0.05, 0) is 49.1 Å². The van der Waals surface area contributed by atoms with Gasteiger partial charge in [-0.2, -0.15) is 0 Å². The summed E-state index contributed by atoms with van der Waals surface area (Å²) in [5.41, 5.74) is 2.93. The van der Waals surface area contributed by atoms with E-state index in [2.05, 4.69) is 22.8 Å². The summed E-state index contributed by atoms with van der Waals surface area (Å²) in [6.45, 7) is 0. The molecule has 0 unspecified atom stereocenters. The van der Waals surface area contributed by atoms with Crippen molar-refractivity contribution >= 4 is 11.6 Å². The lowest BCUT2D eigenvalue weighted by Gasteiger charge is -2.21. The molecule has 2 atom stereocenters. The first-order chi connectivity index (χ1) is 13.3. The monoisotopic (exact) mass is 362 g/mol. The quantitative estimate of drug-likeness (QED) is 0.737. The van der Waals surface area contributed by atoms with Crippen LogP contribution in [0, 0.1) is 0 Å². The first kappa shape index (κ1) is 18.2. The van der Waals surface area contributed by atoms with Gasteiger partial charge in [-0.15, -0.1) is 0 Å². The number of carbonyl (C=O) groups excluding carboxylic acids is 1. The van der Waals surface area contributed by atoms with Gasteiger partial charge in [0.25, 0.3) is 5.91 Å². The lowest BCUT2D eigenvalue weighted by molar-refractivity contribution is 0.102. The van der Waals surface area contributed by atoms with Crippen LogP contribution in [-0.4, -0.2) is 18.0 Å². The molecule has 0 spiro atoms. The predicted octanol–water partition coefficient (Wildman–Crippen LogP) is 5.50. The molecule has 0 saturated heterocycles. The second kappa shape index (κ2) is 8.71. The summed E-state index contributed by atoms with van der Waals surface area (Å²) >= 11 is 0. The molecule has 2 aliphatic rings. The molecule has 3 heteroatoms. The summed E-state index contributed by atoms with van der Waals surface area (Å²) < 4.78 is 0. The molecule has 4 rings (SSSR count). The number of hydrogen-bond donors (Lipinski definition) is 2. The molecule has 0 bridgehead atoms. The lowest BCUT2D eigenvalue weighted by atomic mass is 9.96. The molecule has 2 N–H and O–H groups in total. The van der Waals surface area contributed by atoms with Crippen LogP contribution < -0.4 is 10.6 Å². The largest absolute Gasteiger partial charge is 0.322 e. The van der Waals surface area contributed by atoms with Crippen molar-refractivity contribution in [2.24, 2.45) is 0 Å². The van der Waals surface area contributed by atoms with E-state index in [1.54, 1.807) is 0 Å². The second-order valence-corrected chi connectivity index (χ2v) is 8.10. The van der Waals surface area contributed by atoms with Crippen molar-refractivity contribution < 1.29 is 4.79 Å². The van der Waals surface area contributed by atoms with E-state index in [-0.39, 0.29) is 5.91 Å². The van der Waals surface area contributed by atoms with Crippen molar-refractivity contribution in [3.8, 4) is 0 Å². The van der Waals surface area contributed by atoms with Crippen LogP contribution in [0.1, 0.15) is 73.2 Å². The zero-order valence-electron chi connectivity index (χ0n) is 16.0. The third kappa shape index (κ3) is 4.98. The van der Waals surface area contributed by atoms with E-state index in [1.165, 1.54) is 56.9 Å². The van der Waals surface area contributed by atoms with Crippen LogP contribution in [0.3, 0.4) is 0 Å². The maximum absolute atomic E-state index is 12.3. The van der Waals surface area contributed by atoms with Crippen molar-refractivity contribution in [1.29, 1.82) is 0 Å². The molecule has 2 aliphatic carbocycles. The standard InChI is InChI=1S/C24H30N2O/c27-24(19-9-5-4-6-10-19)26-21-15-13-18(14-16-21)22-17-23(22)25-20-11-7-2-1-3-8-12-20/h4-6,9-10,13-16,20,22-23,25H,1-3,7-8,11-12,17H2,(H,26,27)/t22-,23+/m0/s1. The van der Waals surface area contributed by atoms with Gasteiger partial charge in [0.05, 0.1) is 0 Å². The fourth-order valence-electron chi connectivity index (χ4n) is 4.28. The first-order valence-electron chi connectivity index (χ1n) is 10.5. The maximum Gasteiger partial charge on any atom is 0.255 e. The average Bonchev–Trinajstić information content (AvgIpc) is 3.44. The number of nitrogens with one attached hydrogen (secondary N) is 2. The Balaban J connectivity index is 1.29. The summed E-state index contributed by atoms with van der Waals surface area (Å²) in [7, 11) is 0. The molecule has 2 fully saturated rings. The zero-order valence-corrected chi connectivity index (χ0v) is 16.0. The average molecular weight is 363 g/mol. The van der Waals surface area contributed by atoms with Gasteiger partial charge in [-0.3, -0.25) is 4.79 Å². The Kier molecular flexibility index (Phi) is 5.88. The molecule has 2 aromatic carbocycles. The van der Waals surface area contributed by atoms with Crippen LogP contribution in [0.4, 0.5) is 5.69 Å². The number of hydrogen-bond acceptors (Lipinski definition) is 2. The number of rotatable bonds is 5. The fourth-order valence-corrected chi connectivity index (χ4v) is 4.28. The minimum atomic E-state index is -0.0569. The van der Waals surface area contributed by atoms with Crippen LogP contribution in [-0.2, 0) is 0 Å². The number of benzene rings is 2. The molecule has 2 saturated carbocycles. The Bertz CT molecular complexity index is 733. The van der Waals surface area contributed by atoms with E-state index < -0.39 is 0 Å². The number of anilines is 1. The Morgan fingerprint density at radius 1 is 0.815 bits per heavy atom. The van der Waals surface area contributed by atoms with Gasteiger partial charge in [0, 0.05) is 29.3 Å². The highest BCUT2D eigenvalue weighted by Crippen LogP contribution is 2.42. The van der Waals surface area contributed by atoms with Crippen molar-refractivity contribution in [3.05, 3.63) is 65.7 Å². The molecule has 0 aliphatic heterocycles. The van der Waals surface area contributed by atoms with Gasteiger partial charge < -0.3 is 10.6 Å². The summed E-state index contributed by atoms with van der Waals surface area (Å²) in [6, 6.07) is 19.1. The topological polar surface area (TPSA) is 41.1 Å². The summed E-state index contributed by atoms with van der Waals surface area (Å²) in [5.74, 6) is 0.577. The summed E-state index contributed by atoms with van der Waals surface area (Å²) in [6.07, 6.45) is 10.9. The molecule has 27 heavy (non-hydrogen) atoms. The Morgan fingerprint density at radius 2 is 1.48 bits per heavy atom. The lowest BCUT2D eigenvalue weighted by Crippen LogP contribution is -2.32. The highest BCUT2D eigenvalue weighted by atomic mass is 16.1. The van der Waals surface area contributed by atoms with Gasteiger partial charge in [0.1, 0.15) is 0 Å². The fraction of sp³-hybridized carbons (Fsp3) is 0.458. The second-order valence-electron chi connectivity index (χ2n) is 8.10. The molecule has 0 heterocycles. The first-order valence-corrected chi connectivity index (χ1v) is 10.5. The molecule has 142 valence electrons. The SMILES string of the molecule is O=C(Nc1ccc([C@@H]2C[C@H]2NC2CCCCCCC2)cc1)c1ccccc1. The van der Waals surface area contributed by atoms with Crippen molar-refractivity contribution in [3.63, 3.8) is 0 Å². The van der Waals surface area contributed by atoms with Crippen LogP contribution in [0.2, 0.25) is 0 Å². The molecule has 2 aromatic rings. The third-order valence-corrected chi connectivity index (χ3v) is 5.98. The van der Waals surface area contributed by atoms with E-state index in [4.69, 9.17) is 0 Å². The van der Waals surface area contributed by atoms with E-state index in [0.717, 1.165) is 5.69 Å². The van der Waals surface area contributed by atoms with Crippen molar-refractivity contribution in [2.75, 3.05) is 5.32 Å². The van der Waals surface area contributed by atoms with Crippen LogP contribution in [0.5, 0.6) is 0 Å². The van der Waals surface area contributed by atoms with E-state index >= 15 is 0 Å². The van der Waals surface area contributed by atoms with Crippen molar-refractivity contribution in [2.45, 2.75) is 69.4 Å². The Hall–Kier alpha value is -2.13. The van der Waals surface area contributed by atoms with Crippen LogP contribution >= 0.6 is 0 Å². The maximum atomic E-state index is 12.3. The number of amides is 1. The minimum Gasteiger partial charge on any atom is -0.322 e.